The van der Waals surface area contributed by atoms with Gasteiger partial charge in [0.05, 0.1) is 6.54 Å². The van der Waals surface area contributed by atoms with Gasteiger partial charge in [0.25, 0.3) is 0 Å². The van der Waals surface area contributed by atoms with Gasteiger partial charge in [0, 0.05) is 50.4 Å². The number of likely N-dealkylation sites (tertiary alicyclic amines) is 1. The van der Waals surface area contributed by atoms with Crippen molar-refractivity contribution in [3.8, 4) is 0 Å². The predicted molar refractivity (Wildman–Crippen MR) is 103 cm³/mol. The van der Waals surface area contributed by atoms with Gasteiger partial charge in [-0.25, -0.2) is 4.39 Å². The summed E-state index contributed by atoms with van der Waals surface area (Å²) < 4.78 is 13.8. The lowest BCUT2D eigenvalue weighted by Gasteiger charge is -2.32. The van der Waals surface area contributed by atoms with Crippen LogP contribution in [0.2, 0.25) is 5.02 Å². The first-order chi connectivity index (χ1) is 12.5. The Kier molecular flexibility index (Phi) is 8.12. The molecule has 0 spiro atoms. The zero-order valence-electron chi connectivity index (χ0n) is 15.3. The molecule has 1 aromatic carbocycles. The zero-order valence-corrected chi connectivity index (χ0v) is 16.1. The highest BCUT2D eigenvalue weighted by Crippen LogP contribution is 2.19. The number of aliphatic imine (C=N–C) groups is 1. The molecule has 0 unspecified atom stereocenters. The Bertz CT molecular complexity index is 612. The summed E-state index contributed by atoms with van der Waals surface area (Å²) >= 11 is 6.05. The Morgan fingerprint density at radius 3 is 2.73 bits per heavy atom. The minimum absolute atomic E-state index is 0.0423. The molecular formula is C18H27ClFN5O. The molecule has 0 bridgehead atoms. The highest BCUT2D eigenvalue weighted by Gasteiger charge is 2.21. The molecule has 6 nitrogen and oxygen atoms in total. The Labute approximate surface area is 159 Å². The number of halogens is 2. The van der Waals surface area contributed by atoms with Crippen molar-refractivity contribution in [2.75, 3.05) is 40.3 Å². The first kappa shape index (κ1) is 20.5. The van der Waals surface area contributed by atoms with Gasteiger partial charge in [-0.3, -0.25) is 14.7 Å². The van der Waals surface area contributed by atoms with E-state index in [-0.39, 0.29) is 11.7 Å². The van der Waals surface area contributed by atoms with Gasteiger partial charge in [0.15, 0.2) is 5.96 Å². The van der Waals surface area contributed by atoms with Gasteiger partial charge >= 0.3 is 0 Å². The van der Waals surface area contributed by atoms with Crippen LogP contribution in [-0.2, 0) is 11.2 Å². The SMILES string of the molecule is CN=C(NCCc1c(F)cccc1Cl)NC1CCN(CC(=O)NC)CC1. The summed E-state index contributed by atoms with van der Waals surface area (Å²) in [4.78, 5) is 17.8. The lowest BCUT2D eigenvalue weighted by molar-refractivity contribution is -0.122. The van der Waals surface area contributed by atoms with Gasteiger partial charge < -0.3 is 16.0 Å². The lowest BCUT2D eigenvalue weighted by atomic mass is 10.1. The second-order valence-corrected chi connectivity index (χ2v) is 6.72. The largest absolute Gasteiger partial charge is 0.358 e. The third-order valence-corrected chi connectivity index (χ3v) is 4.88. The summed E-state index contributed by atoms with van der Waals surface area (Å²) in [5.74, 6) is 0.452. The summed E-state index contributed by atoms with van der Waals surface area (Å²) in [6.45, 7) is 2.72. The molecule has 1 aliphatic heterocycles. The summed E-state index contributed by atoms with van der Waals surface area (Å²) in [5, 5.41) is 9.69. The molecule has 1 amide bonds. The van der Waals surface area contributed by atoms with Crippen molar-refractivity contribution < 1.29 is 9.18 Å². The average molecular weight is 384 g/mol. The number of hydrogen-bond donors (Lipinski definition) is 3. The second kappa shape index (κ2) is 10.3. The van der Waals surface area contributed by atoms with Crippen molar-refractivity contribution in [3.63, 3.8) is 0 Å². The smallest absolute Gasteiger partial charge is 0.233 e. The number of hydrogen-bond acceptors (Lipinski definition) is 3. The minimum atomic E-state index is -0.286. The average Bonchev–Trinajstić information content (AvgIpc) is 2.64. The third-order valence-electron chi connectivity index (χ3n) is 4.53. The molecule has 2 rings (SSSR count). The van der Waals surface area contributed by atoms with E-state index in [1.165, 1.54) is 6.07 Å². The van der Waals surface area contributed by atoms with E-state index in [2.05, 4.69) is 25.8 Å². The molecule has 8 heteroatoms. The van der Waals surface area contributed by atoms with Gasteiger partial charge in [0.2, 0.25) is 5.91 Å². The van der Waals surface area contributed by atoms with Crippen molar-refractivity contribution in [1.82, 2.24) is 20.9 Å². The molecule has 0 atom stereocenters. The Balaban J connectivity index is 1.74. The normalized spacial score (nSPS) is 16.4. The highest BCUT2D eigenvalue weighted by molar-refractivity contribution is 6.31. The van der Waals surface area contributed by atoms with E-state index in [0.717, 1.165) is 25.9 Å². The summed E-state index contributed by atoms with van der Waals surface area (Å²) in [7, 11) is 3.37. The van der Waals surface area contributed by atoms with Crippen molar-refractivity contribution in [1.29, 1.82) is 0 Å². The molecule has 1 fully saturated rings. The van der Waals surface area contributed by atoms with Crippen LogP contribution in [0.4, 0.5) is 4.39 Å². The van der Waals surface area contributed by atoms with E-state index < -0.39 is 0 Å². The second-order valence-electron chi connectivity index (χ2n) is 6.32. The molecule has 0 radical (unpaired) electrons. The third kappa shape index (κ3) is 6.14. The zero-order chi connectivity index (χ0) is 18.9. The van der Waals surface area contributed by atoms with Gasteiger partial charge in [-0.2, -0.15) is 0 Å². The van der Waals surface area contributed by atoms with E-state index in [0.29, 0.717) is 42.1 Å². The number of nitrogens with zero attached hydrogens (tertiary/aromatic N) is 2. The summed E-state index contributed by atoms with van der Waals surface area (Å²) in [5.41, 5.74) is 0.514. The fourth-order valence-corrected chi connectivity index (χ4v) is 3.24. The molecule has 1 heterocycles. The number of nitrogens with one attached hydrogen (secondary N) is 3. The van der Waals surface area contributed by atoms with Gasteiger partial charge in [0.1, 0.15) is 5.82 Å². The molecule has 144 valence electrons. The van der Waals surface area contributed by atoms with Crippen LogP contribution in [0.25, 0.3) is 0 Å². The molecule has 0 saturated carbocycles. The first-order valence-corrected chi connectivity index (χ1v) is 9.24. The van der Waals surface area contributed by atoms with E-state index in [4.69, 9.17) is 11.6 Å². The lowest BCUT2D eigenvalue weighted by Crippen LogP contribution is -2.50. The van der Waals surface area contributed by atoms with Crippen LogP contribution in [0.5, 0.6) is 0 Å². The molecule has 0 aliphatic carbocycles. The van der Waals surface area contributed by atoms with Gasteiger partial charge in [-0.05, 0) is 31.4 Å². The molecule has 26 heavy (non-hydrogen) atoms. The molecule has 1 aliphatic rings. The quantitative estimate of drug-likeness (QED) is 0.513. The number of amides is 1. The molecule has 1 saturated heterocycles. The van der Waals surface area contributed by atoms with Crippen molar-refractivity contribution in [3.05, 3.63) is 34.6 Å². The highest BCUT2D eigenvalue weighted by atomic mass is 35.5. The number of rotatable bonds is 6. The molecule has 0 aromatic heterocycles. The molecule has 1 aromatic rings. The standard InChI is InChI=1S/C18H27ClFN5O/c1-21-17(26)12-25-10-7-13(8-11-25)24-18(22-2)23-9-6-14-15(19)4-3-5-16(14)20/h3-5,13H,6-12H2,1-2H3,(H,21,26)(H2,22,23,24). The van der Waals surface area contributed by atoms with Crippen LogP contribution in [0.15, 0.2) is 23.2 Å². The molecular weight excluding hydrogens is 357 g/mol. The number of likely N-dealkylation sites (N-methyl/N-ethyl adjacent to an activating group) is 1. The number of guanidine groups is 1. The van der Waals surface area contributed by atoms with Gasteiger partial charge in [-0.15, -0.1) is 0 Å². The van der Waals surface area contributed by atoms with Crippen LogP contribution < -0.4 is 16.0 Å². The van der Waals surface area contributed by atoms with E-state index in [9.17, 15) is 9.18 Å². The van der Waals surface area contributed by atoms with Crippen molar-refractivity contribution in [2.24, 2.45) is 4.99 Å². The fourth-order valence-electron chi connectivity index (χ4n) is 2.98. The minimum Gasteiger partial charge on any atom is -0.358 e. The number of benzene rings is 1. The Hall–Kier alpha value is -1.86. The van der Waals surface area contributed by atoms with Crippen LogP contribution >= 0.6 is 11.6 Å². The number of carbonyl (C=O) groups is 1. The number of carbonyl (C=O) groups excluding carboxylic acids is 1. The Morgan fingerprint density at radius 1 is 1.38 bits per heavy atom. The maximum atomic E-state index is 13.8. The predicted octanol–water partition coefficient (Wildman–Crippen LogP) is 1.40. The van der Waals surface area contributed by atoms with Crippen molar-refractivity contribution in [2.45, 2.75) is 25.3 Å². The number of piperidine rings is 1. The van der Waals surface area contributed by atoms with Crippen LogP contribution in [0.3, 0.4) is 0 Å². The van der Waals surface area contributed by atoms with E-state index >= 15 is 0 Å². The van der Waals surface area contributed by atoms with E-state index in [1.54, 1.807) is 26.2 Å². The first-order valence-electron chi connectivity index (χ1n) is 8.86. The topological polar surface area (TPSA) is 68.8 Å². The fraction of sp³-hybridized carbons (Fsp3) is 0.556. The monoisotopic (exact) mass is 383 g/mol. The van der Waals surface area contributed by atoms with Crippen LogP contribution in [0.1, 0.15) is 18.4 Å². The summed E-state index contributed by atoms with van der Waals surface area (Å²) in [6.07, 6.45) is 2.37. The van der Waals surface area contributed by atoms with Crippen molar-refractivity contribution >= 4 is 23.5 Å². The van der Waals surface area contributed by atoms with Crippen LogP contribution in [0, 0.1) is 5.82 Å². The maximum Gasteiger partial charge on any atom is 0.233 e. The van der Waals surface area contributed by atoms with E-state index in [1.807, 2.05) is 0 Å². The molecule has 3 N–H and O–H groups in total. The van der Waals surface area contributed by atoms with Crippen LogP contribution in [-0.4, -0.2) is 63.1 Å². The Morgan fingerprint density at radius 2 is 2.12 bits per heavy atom. The summed E-state index contributed by atoms with van der Waals surface area (Å²) in [6, 6.07) is 5.02. The maximum absolute atomic E-state index is 13.8. The van der Waals surface area contributed by atoms with Gasteiger partial charge in [-0.1, -0.05) is 17.7 Å².